The summed E-state index contributed by atoms with van der Waals surface area (Å²) < 4.78 is 9.82. The molecular weight excluding hydrogens is 208 g/mol. The van der Waals surface area contributed by atoms with Crippen LogP contribution < -0.4 is 0 Å². The number of hydrogen-bond acceptors (Lipinski definition) is 7. The molecule has 1 rings (SSSR count). The van der Waals surface area contributed by atoms with Crippen molar-refractivity contribution in [2.75, 3.05) is 20.3 Å². The molecule has 0 aromatic heterocycles. The molecule has 0 aromatic rings. The van der Waals surface area contributed by atoms with E-state index in [2.05, 4.69) is 0 Å². The molecule has 1 aliphatic rings. The van der Waals surface area contributed by atoms with Gasteiger partial charge in [-0.05, 0) is 0 Å². The molecule has 5 unspecified atom stereocenters. The molecule has 1 aliphatic heterocycles. The Morgan fingerprint density at radius 1 is 1.20 bits per heavy atom. The summed E-state index contributed by atoms with van der Waals surface area (Å²) in [5, 5.41) is 46.4. The molecule has 7 nitrogen and oxygen atoms in total. The molecule has 5 N–H and O–H groups in total. The Labute approximate surface area is 86.5 Å². The molecule has 0 amide bonds. The van der Waals surface area contributed by atoms with Crippen LogP contribution >= 0.6 is 0 Å². The second kappa shape index (κ2) is 4.71. The normalized spacial score (nSPS) is 46.8. The Bertz CT molecular complexity index is 203. The summed E-state index contributed by atoms with van der Waals surface area (Å²) in [4.78, 5) is 0. The van der Waals surface area contributed by atoms with Crippen LogP contribution in [0.15, 0.2) is 0 Å². The zero-order chi connectivity index (χ0) is 11.6. The van der Waals surface area contributed by atoms with E-state index in [0.717, 1.165) is 0 Å². The topological polar surface area (TPSA) is 120 Å². The molecule has 7 heteroatoms. The molecule has 5 atom stereocenters. The van der Waals surface area contributed by atoms with E-state index in [0.29, 0.717) is 0 Å². The number of ether oxygens (including phenoxy) is 2. The van der Waals surface area contributed by atoms with Crippen molar-refractivity contribution >= 4 is 0 Å². The number of aliphatic hydroxyl groups is 5. The Balaban J connectivity index is 2.91. The maximum absolute atomic E-state index is 9.57. The predicted octanol–water partition coefficient (Wildman–Crippen LogP) is -3.20. The first-order chi connectivity index (χ1) is 7.02. The summed E-state index contributed by atoms with van der Waals surface area (Å²) in [5.74, 6) is -1.81. The molecule has 0 bridgehead atoms. The molecule has 90 valence electrons. The minimum absolute atomic E-state index is 0.559. The van der Waals surface area contributed by atoms with Crippen molar-refractivity contribution in [1.29, 1.82) is 0 Å². The highest BCUT2D eigenvalue weighted by Crippen LogP contribution is 2.30. The van der Waals surface area contributed by atoms with Crippen molar-refractivity contribution in [3.8, 4) is 0 Å². The van der Waals surface area contributed by atoms with Crippen LogP contribution in [0.1, 0.15) is 0 Å². The maximum atomic E-state index is 9.57. The van der Waals surface area contributed by atoms with Crippen LogP contribution in [0.3, 0.4) is 0 Å². The first-order valence-electron chi connectivity index (χ1n) is 4.51. The summed E-state index contributed by atoms with van der Waals surface area (Å²) in [6.45, 7) is -1.26. The van der Waals surface area contributed by atoms with E-state index in [9.17, 15) is 15.3 Å². The first-order valence-corrected chi connectivity index (χ1v) is 4.51. The van der Waals surface area contributed by atoms with Gasteiger partial charge in [0.2, 0.25) is 5.79 Å². The molecule has 0 saturated carbocycles. The third-order valence-electron chi connectivity index (χ3n) is 2.60. The average Bonchev–Trinajstić information content (AvgIpc) is 2.27. The first kappa shape index (κ1) is 12.8. The largest absolute Gasteiger partial charge is 0.394 e. The van der Waals surface area contributed by atoms with Gasteiger partial charge < -0.3 is 35.0 Å². The van der Waals surface area contributed by atoms with Crippen molar-refractivity contribution in [3.05, 3.63) is 0 Å². The van der Waals surface area contributed by atoms with Crippen molar-refractivity contribution in [3.63, 3.8) is 0 Å². The van der Waals surface area contributed by atoms with E-state index in [4.69, 9.17) is 19.7 Å². The van der Waals surface area contributed by atoms with Crippen molar-refractivity contribution in [2.24, 2.45) is 0 Å². The minimum atomic E-state index is -1.81. The lowest BCUT2D eigenvalue weighted by Gasteiger charge is -2.46. The smallest absolute Gasteiger partial charge is 0.221 e. The van der Waals surface area contributed by atoms with E-state index in [1.807, 2.05) is 0 Å². The zero-order valence-electron chi connectivity index (χ0n) is 8.28. The van der Waals surface area contributed by atoms with E-state index in [1.165, 1.54) is 7.11 Å². The Morgan fingerprint density at radius 3 is 2.20 bits per heavy atom. The van der Waals surface area contributed by atoms with Gasteiger partial charge in [-0.2, -0.15) is 0 Å². The second-order valence-corrected chi connectivity index (χ2v) is 3.44. The van der Waals surface area contributed by atoms with Gasteiger partial charge in [0, 0.05) is 7.11 Å². The van der Waals surface area contributed by atoms with E-state index in [1.54, 1.807) is 0 Å². The van der Waals surface area contributed by atoms with Gasteiger partial charge in [0.25, 0.3) is 0 Å². The van der Waals surface area contributed by atoms with Gasteiger partial charge in [0.05, 0.1) is 6.61 Å². The van der Waals surface area contributed by atoms with E-state index >= 15 is 0 Å². The Morgan fingerprint density at radius 2 is 1.80 bits per heavy atom. The lowest BCUT2D eigenvalue weighted by Crippen LogP contribution is -2.67. The highest BCUT2D eigenvalue weighted by Gasteiger charge is 2.53. The standard InChI is InChI=1S/C8H16O7/c1-14-8(3-10)7(13)6(12)5(11)4(2-9)15-8/h4-7,9-13H,2-3H2,1H3. The van der Waals surface area contributed by atoms with Crippen molar-refractivity contribution in [1.82, 2.24) is 0 Å². The third-order valence-corrected chi connectivity index (χ3v) is 2.60. The lowest BCUT2D eigenvalue weighted by molar-refractivity contribution is -0.365. The van der Waals surface area contributed by atoms with Crippen LogP contribution in [-0.4, -0.2) is 76.1 Å². The minimum Gasteiger partial charge on any atom is -0.394 e. The summed E-state index contributed by atoms with van der Waals surface area (Å²) in [6.07, 6.45) is -5.69. The van der Waals surface area contributed by atoms with Crippen LogP contribution in [0.2, 0.25) is 0 Å². The zero-order valence-corrected chi connectivity index (χ0v) is 8.28. The molecule has 0 radical (unpaired) electrons. The summed E-state index contributed by atoms with van der Waals surface area (Å²) in [6, 6.07) is 0. The molecule has 1 fully saturated rings. The molecule has 1 saturated heterocycles. The molecule has 0 aromatic carbocycles. The van der Waals surface area contributed by atoms with Crippen LogP contribution in [0, 0.1) is 0 Å². The second-order valence-electron chi connectivity index (χ2n) is 3.44. The van der Waals surface area contributed by atoms with Crippen LogP contribution in [-0.2, 0) is 9.47 Å². The van der Waals surface area contributed by atoms with Crippen LogP contribution in [0.4, 0.5) is 0 Å². The molecule has 15 heavy (non-hydrogen) atoms. The van der Waals surface area contributed by atoms with Crippen molar-refractivity contribution < 1.29 is 35.0 Å². The maximum Gasteiger partial charge on any atom is 0.221 e. The average molecular weight is 224 g/mol. The SMILES string of the molecule is COC1(CO)OC(CO)C(O)C(O)C1O. The van der Waals surface area contributed by atoms with E-state index in [-0.39, 0.29) is 0 Å². The van der Waals surface area contributed by atoms with E-state index < -0.39 is 43.4 Å². The molecule has 0 aliphatic carbocycles. The fraction of sp³-hybridized carbons (Fsp3) is 1.00. The van der Waals surface area contributed by atoms with Gasteiger partial charge in [-0.3, -0.25) is 0 Å². The summed E-state index contributed by atoms with van der Waals surface area (Å²) in [7, 11) is 1.18. The molecule has 1 heterocycles. The van der Waals surface area contributed by atoms with Crippen molar-refractivity contribution in [2.45, 2.75) is 30.2 Å². The monoisotopic (exact) mass is 224 g/mol. The number of methoxy groups -OCH3 is 1. The van der Waals surface area contributed by atoms with Gasteiger partial charge in [0.15, 0.2) is 0 Å². The summed E-state index contributed by atoms with van der Waals surface area (Å²) in [5.41, 5.74) is 0. The fourth-order valence-electron chi connectivity index (χ4n) is 1.57. The number of hydrogen-bond donors (Lipinski definition) is 5. The predicted molar refractivity (Wildman–Crippen MR) is 46.8 cm³/mol. The van der Waals surface area contributed by atoms with Crippen LogP contribution in [0.5, 0.6) is 0 Å². The quantitative estimate of drug-likeness (QED) is 0.342. The Kier molecular flexibility index (Phi) is 4.01. The van der Waals surface area contributed by atoms with Gasteiger partial charge in [-0.15, -0.1) is 0 Å². The summed E-state index contributed by atoms with van der Waals surface area (Å²) >= 11 is 0. The molecule has 0 spiro atoms. The third kappa shape index (κ3) is 2.00. The lowest BCUT2D eigenvalue weighted by atomic mass is 9.93. The van der Waals surface area contributed by atoms with Gasteiger partial charge >= 0.3 is 0 Å². The van der Waals surface area contributed by atoms with Gasteiger partial charge in [0.1, 0.15) is 31.0 Å². The van der Waals surface area contributed by atoms with Gasteiger partial charge in [-0.25, -0.2) is 0 Å². The highest BCUT2D eigenvalue weighted by molar-refractivity contribution is 4.96. The molecular formula is C8H16O7. The van der Waals surface area contributed by atoms with Gasteiger partial charge in [-0.1, -0.05) is 0 Å². The van der Waals surface area contributed by atoms with Crippen LogP contribution in [0.25, 0.3) is 0 Å². The highest BCUT2D eigenvalue weighted by atomic mass is 16.7. The number of rotatable bonds is 3. The Hall–Kier alpha value is -0.280. The fourth-order valence-corrected chi connectivity index (χ4v) is 1.57. The number of aliphatic hydroxyl groups excluding tert-OH is 5.